The number of rotatable bonds is 9. The van der Waals surface area contributed by atoms with Crippen LogP contribution in [0.25, 0.3) is 22.1 Å². The van der Waals surface area contributed by atoms with Crippen molar-refractivity contribution in [2.75, 3.05) is 13.4 Å². The summed E-state index contributed by atoms with van der Waals surface area (Å²) >= 11 is 6.53. The normalized spacial score (nSPS) is 12.4. The minimum Gasteiger partial charge on any atom is -0.542 e. The van der Waals surface area contributed by atoms with Gasteiger partial charge in [-0.15, -0.1) is 0 Å². The summed E-state index contributed by atoms with van der Waals surface area (Å²) < 4.78 is 23.4. The Hall–Kier alpha value is -2.07. The summed E-state index contributed by atoms with van der Waals surface area (Å²) in [7, 11) is -2.21. The van der Waals surface area contributed by atoms with Crippen LogP contribution in [0.1, 0.15) is 26.3 Å². The molecule has 0 saturated heterocycles. The molecule has 3 rings (SSSR count). The molecular formula is C27H36ClO5Si2. The van der Waals surface area contributed by atoms with Crippen molar-refractivity contribution in [1.82, 2.24) is 0 Å². The monoisotopic (exact) mass is 531 g/mol. The van der Waals surface area contributed by atoms with E-state index in [4.69, 9.17) is 29.9 Å². The Kier molecular flexibility index (Phi) is 8.57. The zero-order valence-corrected chi connectivity index (χ0v) is 24.8. The van der Waals surface area contributed by atoms with Gasteiger partial charge in [-0.3, -0.25) is 4.79 Å². The zero-order chi connectivity index (χ0) is 26.0. The van der Waals surface area contributed by atoms with E-state index < -0.39 is 17.1 Å². The van der Waals surface area contributed by atoms with Crippen LogP contribution in [0.15, 0.2) is 45.8 Å². The van der Waals surface area contributed by atoms with Crippen LogP contribution in [0.3, 0.4) is 0 Å². The van der Waals surface area contributed by atoms with Crippen molar-refractivity contribution in [2.24, 2.45) is 0 Å². The summed E-state index contributed by atoms with van der Waals surface area (Å²) in [4.78, 5) is 13.5. The van der Waals surface area contributed by atoms with Gasteiger partial charge >= 0.3 is 0 Å². The highest BCUT2D eigenvalue weighted by molar-refractivity contribution is 6.76. The Labute approximate surface area is 216 Å². The van der Waals surface area contributed by atoms with E-state index in [0.717, 1.165) is 11.6 Å². The number of hydrogen-bond donors (Lipinski definition) is 0. The Morgan fingerprint density at radius 3 is 2.40 bits per heavy atom. The smallest absolute Gasteiger partial charge is 0.274 e. The molecule has 0 aliphatic carbocycles. The van der Waals surface area contributed by atoms with Gasteiger partial charge in [-0.25, -0.2) is 0 Å². The first-order valence-electron chi connectivity index (χ1n) is 11.8. The van der Waals surface area contributed by atoms with Gasteiger partial charge in [0.1, 0.15) is 23.3 Å². The third-order valence-corrected chi connectivity index (χ3v) is 8.19. The molecule has 0 atom stereocenters. The van der Waals surface area contributed by atoms with E-state index in [1.807, 2.05) is 18.2 Å². The molecule has 0 fully saturated rings. The van der Waals surface area contributed by atoms with E-state index in [9.17, 15) is 4.79 Å². The highest BCUT2D eigenvalue weighted by Gasteiger charge is 2.21. The van der Waals surface area contributed by atoms with Gasteiger partial charge in [0.15, 0.2) is 6.79 Å². The number of halogens is 1. The van der Waals surface area contributed by atoms with Crippen molar-refractivity contribution in [1.29, 1.82) is 0 Å². The standard InChI is InChI=1S/C27H36ClO5Si2/c1-27(2,3)18-9-10-20(23(13-18)33-34(4)5)21-16-31-24-15-19(14-22(28)25(24)26(21)29)32-17-30-11-12-35(6,7)8/h9-10,13-16H,11-12,17H2,1-8H3. The van der Waals surface area contributed by atoms with Crippen LogP contribution in [0.4, 0.5) is 0 Å². The second-order valence-electron chi connectivity index (χ2n) is 11.2. The van der Waals surface area contributed by atoms with Gasteiger partial charge in [-0.1, -0.05) is 64.1 Å². The molecule has 3 aromatic rings. The van der Waals surface area contributed by atoms with Gasteiger partial charge in [-0.2, -0.15) is 0 Å². The molecule has 0 spiro atoms. The van der Waals surface area contributed by atoms with E-state index in [1.165, 1.54) is 6.26 Å². The summed E-state index contributed by atoms with van der Waals surface area (Å²) in [6.45, 7) is 18.3. The average molecular weight is 532 g/mol. The number of ether oxygens (including phenoxy) is 2. The first kappa shape index (κ1) is 27.5. The highest BCUT2D eigenvalue weighted by Crippen LogP contribution is 2.36. The van der Waals surface area contributed by atoms with Crippen LogP contribution in [0.2, 0.25) is 43.8 Å². The van der Waals surface area contributed by atoms with Crippen LogP contribution >= 0.6 is 11.6 Å². The molecule has 1 aromatic heterocycles. The first-order chi connectivity index (χ1) is 16.3. The lowest BCUT2D eigenvalue weighted by Gasteiger charge is -2.22. The van der Waals surface area contributed by atoms with Crippen molar-refractivity contribution in [2.45, 2.75) is 65.0 Å². The molecule has 2 aromatic carbocycles. The maximum Gasteiger partial charge on any atom is 0.274 e. The lowest BCUT2D eigenvalue weighted by atomic mass is 9.86. The molecule has 0 amide bonds. The molecular weight excluding hydrogens is 496 g/mol. The van der Waals surface area contributed by atoms with Gasteiger partial charge in [0.25, 0.3) is 9.04 Å². The molecule has 5 nitrogen and oxygen atoms in total. The predicted molar refractivity (Wildman–Crippen MR) is 149 cm³/mol. The second kappa shape index (κ2) is 10.9. The predicted octanol–water partition coefficient (Wildman–Crippen LogP) is 7.73. The van der Waals surface area contributed by atoms with Crippen LogP contribution in [0.5, 0.6) is 11.5 Å². The van der Waals surface area contributed by atoms with E-state index in [2.05, 4.69) is 53.5 Å². The topological polar surface area (TPSA) is 57.9 Å². The Bertz CT molecular complexity index is 1240. The van der Waals surface area contributed by atoms with Crippen LogP contribution in [-0.4, -0.2) is 30.5 Å². The van der Waals surface area contributed by atoms with Gasteiger partial charge in [-0.05, 0) is 42.2 Å². The van der Waals surface area contributed by atoms with Crippen molar-refractivity contribution >= 4 is 39.7 Å². The Morgan fingerprint density at radius 1 is 1.06 bits per heavy atom. The van der Waals surface area contributed by atoms with E-state index in [0.29, 0.717) is 40.2 Å². The zero-order valence-electron chi connectivity index (χ0n) is 22.0. The molecule has 0 saturated carbocycles. The van der Waals surface area contributed by atoms with Gasteiger partial charge in [0.2, 0.25) is 5.43 Å². The fraction of sp³-hybridized carbons (Fsp3) is 0.444. The lowest BCUT2D eigenvalue weighted by molar-refractivity contribution is 0.0221. The summed E-state index contributed by atoms with van der Waals surface area (Å²) in [6, 6.07) is 10.4. The molecule has 189 valence electrons. The largest absolute Gasteiger partial charge is 0.542 e. The minimum absolute atomic E-state index is 0.0445. The average Bonchev–Trinajstić information content (AvgIpc) is 2.72. The van der Waals surface area contributed by atoms with Crippen molar-refractivity contribution in [3.63, 3.8) is 0 Å². The summed E-state index contributed by atoms with van der Waals surface area (Å²) in [5.74, 6) is 1.18. The minimum atomic E-state index is -1.16. The molecule has 35 heavy (non-hydrogen) atoms. The van der Waals surface area contributed by atoms with E-state index >= 15 is 0 Å². The molecule has 8 heteroatoms. The summed E-state index contributed by atoms with van der Waals surface area (Å²) in [5.41, 5.74) is 2.37. The maximum atomic E-state index is 13.5. The summed E-state index contributed by atoms with van der Waals surface area (Å²) in [5, 5.41) is 0.597. The summed E-state index contributed by atoms with van der Waals surface area (Å²) in [6.07, 6.45) is 1.48. The number of hydrogen-bond acceptors (Lipinski definition) is 5. The highest BCUT2D eigenvalue weighted by atomic mass is 35.5. The molecule has 0 unspecified atom stereocenters. The molecule has 0 aliphatic rings. The van der Waals surface area contributed by atoms with E-state index in [-0.39, 0.29) is 22.7 Å². The fourth-order valence-electron chi connectivity index (χ4n) is 3.51. The Balaban J connectivity index is 1.93. The third-order valence-electron chi connectivity index (χ3n) is 5.56. The number of benzene rings is 2. The van der Waals surface area contributed by atoms with Crippen LogP contribution < -0.4 is 14.6 Å². The third kappa shape index (κ3) is 7.22. The van der Waals surface area contributed by atoms with Crippen molar-refractivity contribution < 1.29 is 18.3 Å². The fourth-order valence-corrected chi connectivity index (χ4v) is 5.17. The van der Waals surface area contributed by atoms with E-state index in [1.54, 1.807) is 12.1 Å². The first-order valence-corrected chi connectivity index (χ1v) is 18.3. The van der Waals surface area contributed by atoms with Gasteiger partial charge in [0.05, 0.1) is 16.0 Å². The molecule has 0 bridgehead atoms. The molecule has 1 radical (unpaired) electrons. The molecule has 1 heterocycles. The Morgan fingerprint density at radius 2 is 1.77 bits per heavy atom. The van der Waals surface area contributed by atoms with Crippen molar-refractivity contribution in [3.05, 3.63) is 57.4 Å². The lowest BCUT2D eigenvalue weighted by Crippen LogP contribution is -2.22. The number of fused-ring (bicyclic) bond motifs is 1. The second-order valence-corrected chi connectivity index (χ2v) is 19.3. The molecule has 0 aliphatic heterocycles. The SMILES string of the molecule is C[Si](C)Oc1cc(C(C)(C)C)ccc1-c1coc2cc(OCOCC[Si](C)(C)C)cc(Cl)c2c1=O. The maximum absolute atomic E-state index is 13.5. The van der Waals surface area contributed by atoms with Crippen molar-refractivity contribution in [3.8, 4) is 22.6 Å². The quantitative estimate of drug-likeness (QED) is 0.160. The van der Waals surface area contributed by atoms with Gasteiger partial charge < -0.3 is 18.3 Å². The van der Waals surface area contributed by atoms with Gasteiger partial charge in [0, 0.05) is 26.3 Å². The molecule has 0 N–H and O–H groups in total. The van der Waals surface area contributed by atoms with Crippen LogP contribution in [-0.2, 0) is 10.2 Å². The van der Waals surface area contributed by atoms with Crippen LogP contribution in [0, 0.1) is 0 Å².